The van der Waals surface area contributed by atoms with Gasteiger partial charge in [-0.1, -0.05) is 0 Å². The molecule has 76 valence electrons. The lowest BCUT2D eigenvalue weighted by Crippen LogP contribution is -1.90. The van der Waals surface area contributed by atoms with Crippen LogP contribution in [-0.4, -0.2) is 12.0 Å². The minimum absolute atomic E-state index is 0.231. The topological polar surface area (TPSA) is 24.9 Å². The van der Waals surface area contributed by atoms with Crippen molar-refractivity contribution in [3.63, 3.8) is 0 Å². The quantitative estimate of drug-likeness (QED) is 0.809. The van der Waals surface area contributed by atoms with Gasteiger partial charge in [-0.05, 0) is 36.4 Å². The van der Waals surface area contributed by atoms with Gasteiger partial charge < -0.3 is 5.32 Å². The lowest BCUT2D eigenvalue weighted by atomic mass is 10.1. The standard InChI is InChI=1S/C12H11FN2/c1-14-11-6-7-12(15-8-11)9-2-4-10(13)5-3-9/h2-8,14H,1H3. The van der Waals surface area contributed by atoms with E-state index in [1.165, 1.54) is 12.1 Å². The van der Waals surface area contributed by atoms with Crippen LogP contribution in [-0.2, 0) is 0 Å². The first-order valence-electron chi connectivity index (χ1n) is 4.69. The highest BCUT2D eigenvalue weighted by atomic mass is 19.1. The van der Waals surface area contributed by atoms with E-state index in [1.54, 1.807) is 18.3 Å². The second-order valence-corrected chi connectivity index (χ2v) is 3.19. The van der Waals surface area contributed by atoms with Crippen LogP contribution in [0.4, 0.5) is 10.1 Å². The van der Waals surface area contributed by atoms with Gasteiger partial charge in [0.15, 0.2) is 0 Å². The lowest BCUT2D eigenvalue weighted by molar-refractivity contribution is 0.628. The maximum Gasteiger partial charge on any atom is 0.123 e. The van der Waals surface area contributed by atoms with E-state index in [9.17, 15) is 4.39 Å². The minimum atomic E-state index is -0.231. The summed E-state index contributed by atoms with van der Waals surface area (Å²) in [4.78, 5) is 4.26. The Morgan fingerprint density at radius 1 is 1.07 bits per heavy atom. The van der Waals surface area contributed by atoms with Crippen molar-refractivity contribution in [2.45, 2.75) is 0 Å². The van der Waals surface area contributed by atoms with Gasteiger partial charge in [-0.15, -0.1) is 0 Å². The number of rotatable bonds is 2. The molecule has 0 radical (unpaired) electrons. The molecule has 0 aliphatic rings. The van der Waals surface area contributed by atoms with Crippen molar-refractivity contribution < 1.29 is 4.39 Å². The highest BCUT2D eigenvalue weighted by molar-refractivity contribution is 5.60. The molecule has 15 heavy (non-hydrogen) atoms. The van der Waals surface area contributed by atoms with Crippen molar-refractivity contribution >= 4 is 5.69 Å². The average Bonchev–Trinajstić information content (AvgIpc) is 2.30. The van der Waals surface area contributed by atoms with Gasteiger partial charge >= 0.3 is 0 Å². The van der Waals surface area contributed by atoms with Crippen LogP contribution in [0.1, 0.15) is 0 Å². The number of benzene rings is 1. The number of nitrogens with one attached hydrogen (secondary N) is 1. The Labute approximate surface area is 87.8 Å². The van der Waals surface area contributed by atoms with Gasteiger partial charge in [0, 0.05) is 12.6 Å². The van der Waals surface area contributed by atoms with E-state index in [1.807, 2.05) is 19.2 Å². The molecule has 0 bridgehead atoms. The van der Waals surface area contributed by atoms with Crippen molar-refractivity contribution in [1.82, 2.24) is 4.98 Å². The Balaban J connectivity index is 2.33. The monoisotopic (exact) mass is 202 g/mol. The summed E-state index contributed by atoms with van der Waals surface area (Å²) >= 11 is 0. The SMILES string of the molecule is CNc1ccc(-c2ccc(F)cc2)nc1. The number of aromatic nitrogens is 1. The summed E-state index contributed by atoms with van der Waals surface area (Å²) < 4.78 is 12.7. The molecular formula is C12H11FN2. The molecule has 0 aliphatic heterocycles. The Hall–Kier alpha value is -1.90. The maximum absolute atomic E-state index is 12.7. The fourth-order valence-electron chi connectivity index (χ4n) is 1.33. The molecule has 0 spiro atoms. The van der Waals surface area contributed by atoms with Gasteiger partial charge in [0.25, 0.3) is 0 Å². The molecule has 0 saturated heterocycles. The molecule has 1 aromatic carbocycles. The van der Waals surface area contributed by atoms with Gasteiger partial charge in [-0.3, -0.25) is 4.98 Å². The third kappa shape index (κ3) is 2.13. The van der Waals surface area contributed by atoms with Crippen molar-refractivity contribution in [3.8, 4) is 11.3 Å². The van der Waals surface area contributed by atoms with Gasteiger partial charge in [0.1, 0.15) is 5.82 Å². The van der Waals surface area contributed by atoms with Crippen LogP contribution in [0.5, 0.6) is 0 Å². The Kier molecular flexibility index (Phi) is 2.63. The molecule has 0 fully saturated rings. The van der Waals surface area contributed by atoms with E-state index in [4.69, 9.17) is 0 Å². The van der Waals surface area contributed by atoms with Gasteiger partial charge in [-0.2, -0.15) is 0 Å². The summed E-state index contributed by atoms with van der Waals surface area (Å²) in [6.45, 7) is 0. The third-order valence-corrected chi connectivity index (χ3v) is 2.19. The van der Waals surface area contributed by atoms with Crippen molar-refractivity contribution in [3.05, 3.63) is 48.4 Å². The van der Waals surface area contributed by atoms with Gasteiger partial charge in [0.2, 0.25) is 0 Å². The molecule has 1 heterocycles. The van der Waals surface area contributed by atoms with Crippen LogP contribution >= 0.6 is 0 Å². The number of pyridine rings is 1. The zero-order valence-corrected chi connectivity index (χ0v) is 8.37. The summed E-state index contributed by atoms with van der Waals surface area (Å²) in [5.74, 6) is -0.231. The summed E-state index contributed by atoms with van der Waals surface area (Å²) in [7, 11) is 1.84. The number of halogens is 1. The number of nitrogens with zero attached hydrogens (tertiary/aromatic N) is 1. The smallest absolute Gasteiger partial charge is 0.123 e. The summed E-state index contributed by atoms with van der Waals surface area (Å²) in [6.07, 6.45) is 1.75. The van der Waals surface area contributed by atoms with Crippen LogP contribution in [0.25, 0.3) is 11.3 Å². The predicted octanol–water partition coefficient (Wildman–Crippen LogP) is 2.93. The van der Waals surface area contributed by atoms with Crippen molar-refractivity contribution in [2.75, 3.05) is 12.4 Å². The van der Waals surface area contributed by atoms with E-state index in [0.29, 0.717) is 0 Å². The minimum Gasteiger partial charge on any atom is -0.387 e. The van der Waals surface area contributed by atoms with E-state index < -0.39 is 0 Å². The predicted molar refractivity (Wildman–Crippen MR) is 59.2 cm³/mol. The van der Waals surface area contributed by atoms with Crippen LogP contribution in [0.3, 0.4) is 0 Å². The fourth-order valence-corrected chi connectivity index (χ4v) is 1.33. The Morgan fingerprint density at radius 2 is 1.80 bits per heavy atom. The van der Waals surface area contributed by atoms with Crippen LogP contribution in [0, 0.1) is 5.82 Å². The molecular weight excluding hydrogens is 191 g/mol. The summed E-state index contributed by atoms with van der Waals surface area (Å²) in [5.41, 5.74) is 2.72. The zero-order valence-electron chi connectivity index (χ0n) is 8.37. The highest BCUT2D eigenvalue weighted by Crippen LogP contribution is 2.18. The second kappa shape index (κ2) is 4.09. The zero-order chi connectivity index (χ0) is 10.7. The molecule has 0 unspecified atom stereocenters. The van der Waals surface area contributed by atoms with E-state index in [2.05, 4.69) is 10.3 Å². The Bertz CT molecular complexity index is 434. The first-order chi connectivity index (χ1) is 7.29. The molecule has 0 amide bonds. The molecule has 0 saturated carbocycles. The van der Waals surface area contributed by atoms with Crippen molar-refractivity contribution in [2.24, 2.45) is 0 Å². The van der Waals surface area contributed by atoms with Crippen LogP contribution < -0.4 is 5.32 Å². The average molecular weight is 202 g/mol. The maximum atomic E-state index is 12.7. The summed E-state index contributed by atoms with van der Waals surface area (Å²) in [6, 6.07) is 10.1. The molecule has 1 aromatic heterocycles. The largest absolute Gasteiger partial charge is 0.387 e. The molecule has 3 heteroatoms. The molecule has 2 rings (SSSR count). The van der Waals surface area contributed by atoms with Crippen LogP contribution in [0.15, 0.2) is 42.6 Å². The molecule has 0 aliphatic carbocycles. The fraction of sp³-hybridized carbons (Fsp3) is 0.0833. The van der Waals surface area contributed by atoms with Crippen LogP contribution in [0.2, 0.25) is 0 Å². The third-order valence-electron chi connectivity index (χ3n) is 2.19. The van der Waals surface area contributed by atoms with Gasteiger partial charge in [0.05, 0.1) is 17.6 Å². The lowest BCUT2D eigenvalue weighted by Gasteiger charge is -2.02. The number of hydrogen-bond donors (Lipinski definition) is 1. The molecule has 1 N–H and O–H groups in total. The normalized spacial score (nSPS) is 10.0. The second-order valence-electron chi connectivity index (χ2n) is 3.19. The molecule has 0 atom stereocenters. The number of anilines is 1. The summed E-state index contributed by atoms with van der Waals surface area (Å²) in [5, 5.41) is 2.99. The molecule has 2 aromatic rings. The van der Waals surface area contributed by atoms with Gasteiger partial charge in [-0.25, -0.2) is 4.39 Å². The first kappa shape index (κ1) is 9.65. The van der Waals surface area contributed by atoms with E-state index in [-0.39, 0.29) is 5.82 Å². The Morgan fingerprint density at radius 3 is 2.33 bits per heavy atom. The van der Waals surface area contributed by atoms with E-state index in [0.717, 1.165) is 16.9 Å². The number of hydrogen-bond acceptors (Lipinski definition) is 2. The first-order valence-corrected chi connectivity index (χ1v) is 4.69. The van der Waals surface area contributed by atoms with Crippen molar-refractivity contribution in [1.29, 1.82) is 0 Å². The highest BCUT2D eigenvalue weighted by Gasteiger charge is 1.99. The molecule has 2 nitrogen and oxygen atoms in total. The van der Waals surface area contributed by atoms with E-state index >= 15 is 0 Å².